The summed E-state index contributed by atoms with van der Waals surface area (Å²) in [7, 11) is 4.80. The predicted octanol–water partition coefficient (Wildman–Crippen LogP) is 3.20. The molecule has 11 heteroatoms. The van der Waals surface area contributed by atoms with Gasteiger partial charge in [-0.3, -0.25) is 24.2 Å². The van der Waals surface area contributed by atoms with Crippen LogP contribution in [-0.2, 0) is 16.1 Å². The van der Waals surface area contributed by atoms with Crippen molar-refractivity contribution in [1.82, 2.24) is 9.80 Å². The fourth-order valence-corrected chi connectivity index (χ4v) is 8.69. The van der Waals surface area contributed by atoms with Crippen LogP contribution in [0.5, 0.6) is 11.5 Å². The highest BCUT2D eigenvalue weighted by Crippen LogP contribution is 2.59. The molecule has 1 heterocycles. The topological polar surface area (TPSA) is 174 Å². The molecular weight excluding hydrogens is 590 g/mol. The number of ether oxygens (including phenoxy) is 1. The van der Waals surface area contributed by atoms with Crippen molar-refractivity contribution in [2.24, 2.45) is 23.5 Å². The summed E-state index contributed by atoms with van der Waals surface area (Å²) < 4.78 is 5.77. The van der Waals surface area contributed by atoms with E-state index in [0.717, 1.165) is 43.6 Å². The molecule has 4 aliphatic rings. The van der Waals surface area contributed by atoms with Crippen LogP contribution in [-0.4, -0.2) is 93.6 Å². The molecule has 1 saturated heterocycles. The molecule has 6 atom stereocenters. The standard InChI is InChI=1S/C35H41N3O8/c1-16-23-17(2)28-29(37(3)4)31(41)27(34(36)44)33(43)35(28,45)32(42)26(23)30(40)25-21(39)10-9-19(24(16)25)20-14-18(8-11-22(20)46-5)15-38-12-6-7-13-38/h8-11,14,16-17,23,28-29,39,41-42,45H,6-7,12-13,15H2,1-5H3,(H2,36,44)/t16-,17+,23+,28+,29+,35+/m1/s1. The van der Waals surface area contributed by atoms with Crippen molar-refractivity contribution in [3.63, 3.8) is 0 Å². The Bertz CT molecular complexity index is 1720. The van der Waals surface area contributed by atoms with E-state index in [4.69, 9.17) is 10.5 Å². The molecule has 0 spiro atoms. The fourth-order valence-electron chi connectivity index (χ4n) is 8.69. The molecule has 46 heavy (non-hydrogen) atoms. The largest absolute Gasteiger partial charge is 0.510 e. The molecular formula is C35H41N3O8. The number of ketones is 2. The molecule has 2 aromatic carbocycles. The van der Waals surface area contributed by atoms with Gasteiger partial charge in [0.25, 0.3) is 5.91 Å². The molecule has 1 fully saturated rings. The lowest BCUT2D eigenvalue weighted by atomic mass is 9.52. The summed E-state index contributed by atoms with van der Waals surface area (Å²) in [6.07, 6.45) is 2.31. The van der Waals surface area contributed by atoms with Crippen molar-refractivity contribution >= 4 is 17.5 Å². The molecule has 0 radical (unpaired) electrons. The zero-order valence-electron chi connectivity index (χ0n) is 26.7. The highest BCUT2D eigenvalue weighted by atomic mass is 16.5. The number of primary amides is 1. The Hall–Kier alpha value is -4.19. The van der Waals surface area contributed by atoms with Crippen LogP contribution < -0.4 is 10.5 Å². The molecule has 0 unspecified atom stereocenters. The van der Waals surface area contributed by atoms with Crippen molar-refractivity contribution in [2.45, 2.75) is 50.8 Å². The number of phenolic OH excluding ortho intramolecular Hbond substituents is 1. The molecule has 6 rings (SSSR count). The Kier molecular flexibility index (Phi) is 7.77. The first-order valence-corrected chi connectivity index (χ1v) is 15.7. The van der Waals surface area contributed by atoms with E-state index in [9.17, 15) is 34.8 Å². The van der Waals surface area contributed by atoms with Crippen LogP contribution in [0.1, 0.15) is 54.1 Å². The number of allylic oxidation sites excluding steroid dienone is 1. The van der Waals surface area contributed by atoms with E-state index >= 15 is 0 Å². The minimum Gasteiger partial charge on any atom is -0.510 e. The second kappa shape index (κ2) is 11.3. The van der Waals surface area contributed by atoms with Gasteiger partial charge in [-0.2, -0.15) is 0 Å². The first-order valence-electron chi connectivity index (χ1n) is 15.7. The Labute approximate surface area is 267 Å². The Morgan fingerprint density at radius 2 is 1.74 bits per heavy atom. The number of hydrogen-bond acceptors (Lipinski definition) is 10. The maximum atomic E-state index is 14.4. The van der Waals surface area contributed by atoms with Crippen LogP contribution >= 0.6 is 0 Å². The average Bonchev–Trinajstić information content (AvgIpc) is 3.51. The molecule has 0 aromatic heterocycles. The second-order valence-electron chi connectivity index (χ2n) is 13.4. The first-order chi connectivity index (χ1) is 21.7. The van der Waals surface area contributed by atoms with Gasteiger partial charge in [0.1, 0.15) is 28.6 Å². The number of methoxy groups -OCH3 is 1. The molecule has 11 nitrogen and oxygen atoms in total. The number of rotatable bonds is 6. The van der Waals surface area contributed by atoms with Crippen LogP contribution in [0.3, 0.4) is 0 Å². The number of carbonyl (C=O) groups is 3. The summed E-state index contributed by atoms with van der Waals surface area (Å²) in [6, 6.07) is 8.06. The van der Waals surface area contributed by atoms with Crippen LogP contribution in [0.2, 0.25) is 0 Å². The van der Waals surface area contributed by atoms with Gasteiger partial charge in [0.05, 0.1) is 18.7 Å². The number of hydrogen-bond donors (Lipinski definition) is 5. The summed E-state index contributed by atoms with van der Waals surface area (Å²) in [6.45, 7) is 6.45. The Balaban J connectivity index is 1.57. The van der Waals surface area contributed by atoms with E-state index in [-0.39, 0.29) is 16.9 Å². The van der Waals surface area contributed by atoms with E-state index < -0.39 is 69.9 Å². The minimum atomic E-state index is -2.72. The van der Waals surface area contributed by atoms with Gasteiger partial charge < -0.3 is 30.9 Å². The van der Waals surface area contributed by atoms with Crippen molar-refractivity contribution in [3.05, 3.63) is 69.7 Å². The number of phenols is 1. The second-order valence-corrected chi connectivity index (χ2v) is 13.4. The van der Waals surface area contributed by atoms with E-state index in [0.29, 0.717) is 16.9 Å². The summed E-state index contributed by atoms with van der Waals surface area (Å²) in [5.74, 6) is -7.53. The molecule has 2 aromatic rings. The third-order valence-corrected chi connectivity index (χ3v) is 10.7. The molecule has 0 saturated carbocycles. The SMILES string of the molecule is COc1ccc(CN2CCCC2)cc1-c1ccc(O)c2c1[C@H](C)[C@@H]1C(=C(O)[C@]3(O)C(=O)C(C(N)=O)=C(O)[C@@H](N(C)C)[C@@H]3[C@H]1C)C2=O. The van der Waals surface area contributed by atoms with Crippen molar-refractivity contribution < 1.29 is 39.5 Å². The van der Waals surface area contributed by atoms with Gasteiger partial charge in [-0.1, -0.05) is 26.0 Å². The number of likely N-dealkylation sites (tertiary alicyclic amines) is 1. The zero-order chi connectivity index (χ0) is 33.4. The number of fused-ring (bicyclic) bond motifs is 3. The summed E-state index contributed by atoms with van der Waals surface area (Å²) in [5.41, 5.74) is 4.75. The van der Waals surface area contributed by atoms with Gasteiger partial charge in [-0.15, -0.1) is 0 Å². The first kappa shape index (κ1) is 31.8. The maximum absolute atomic E-state index is 14.4. The van der Waals surface area contributed by atoms with E-state index in [1.807, 2.05) is 25.1 Å². The average molecular weight is 632 g/mol. The summed E-state index contributed by atoms with van der Waals surface area (Å²) in [4.78, 5) is 44.4. The third kappa shape index (κ3) is 4.39. The molecule has 1 amide bonds. The summed E-state index contributed by atoms with van der Waals surface area (Å²) in [5, 5.41) is 46.2. The van der Waals surface area contributed by atoms with E-state index in [2.05, 4.69) is 4.90 Å². The summed E-state index contributed by atoms with van der Waals surface area (Å²) >= 11 is 0. The monoisotopic (exact) mass is 631 g/mol. The van der Waals surface area contributed by atoms with Crippen molar-refractivity contribution in [3.8, 4) is 22.6 Å². The Morgan fingerprint density at radius 3 is 2.35 bits per heavy atom. The minimum absolute atomic E-state index is 0.0371. The van der Waals surface area contributed by atoms with E-state index in [1.54, 1.807) is 39.1 Å². The molecule has 0 bridgehead atoms. The molecule has 244 valence electrons. The van der Waals surface area contributed by atoms with Crippen LogP contribution in [0.4, 0.5) is 0 Å². The number of nitrogens with two attached hydrogens (primary N) is 1. The number of aliphatic hydroxyl groups is 3. The van der Waals surface area contributed by atoms with Gasteiger partial charge in [0, 0.05) is 29.5 Å². The smallest absolute Gasteiger partial charge is 0.255 e. The number of carbonyl (C=O) groups excluding carboxylic acids is 3. The van der Waals surface area contributed by atoms with Gasteiger partial charge in [0.2, 0.25) is 5.78 Å². The van der Waals surface area contributed by atoms with Crippen LogP contribution in [0.15, 0.2) is 53.0 Å². The molecule has 6 N–H and O–H groups in total. The van der Waals surface area contributed by atoms with Gasteiger partial charge in [-0.05, 0) is 86.8 Å². The lowest BCUT2D eigenvalue weighted by molar-refractivity contribution is -0.153. The van der Waals surface area contributed by atoms with Gasteiger partial charge in [0.15, 0.2) is 11.4 Å². The zero-order valence-corrected chi connectivity index (χ0v) is 26.7. The van der Waals surface area contributed by atoms with Crippen LogP contribution in [0.25, 0.3) is 11.1 Å². The van der Waals surface area contributed by atoms with Gasteiger partial charge in [-0.25, -0.2) is 0 Å². The number of benzene rings is 2. The highest BCUT2D eigenvalue weighted by Gasteiger charge is 2.66. The van der Waals surface area contributed by atoms with Crippen molar-refractivity contribution in [2.75, 3.05) is 34.3 Å². The predicted molar refractivity (Wildman–Crippen MR) is 169 cm³/mol. The number of aromatic hydroxyl groups is 1. The van der Waals surface area contributed by atoms with Gasteiger partial charge >= 0.3 is 0 Å². The maximum Gasteiger partial charge on any atom is 0.255 e. The highest BCUT2D eigenvalue weighted by molar-refractivity contribution is 6.25. The normalized spacial score (nSPS) is 29.6. The van der Waals surface area contributed by atoms with Crippen LogP contribution in [0, 0.1) is 17.8 Å². The lowest BCUT2D eigenvalue weighted by Gasteiger charge is -2.54. The Morgan fingerprint density at radius 1 is 1.07 bits per heavy atom. The number of likely N-dealkylation sites (N-methyl/N-ethyl adjacent to an activating group) is 1. The number of nitrogens with zero attached hydrogens (tertiary/aromatic N) is 2. The fraction of sp³-hybridized carbons (Fsp3) is 0.457. The lowest BCUT2D eigenvalue weighted by Crippen LogP contribution is -2.66. The third-order valence-electron chi connectivity index (χ3n) is 10.7. The number of Topliss-reactive ketones (excluding diaryl/α,β-unsaturated/α-hetero) is 2. The number of aliphatic hydroxyl groups excluding tert-OH is 2. The molecule has 3 aliphatic carbocycles. The number of amides is 1. The quantitative estimate of drug-likeness (QED) is 0.298. The van der Waals surface area contributed by atoms with E-state index in [1.165, 1.54) is 6.07 Å². The van der Waals surface area contributed by atoms with Crippen molar-refractivity contribution in [1.29, 1.82) is 0 Å². The molecule has 1 aliphatic heterocycles.